The molecule has 1 saturated heterocycles. The Morgan fingerprint density at radius 2 is 1.82 bits per heavy atom. The normalized spacial score (nSPS) is 17.6. The summed E-state index contributed by atoms with van der Waals surface area (Å²) in [6.45, 7) is 5.64. The molecule has 3 aromatic carbocycles. The van der Waals surface area contributed by atoms with E-state index in [0.29, 0.717) is 30.9 Å². The van der Waals surface area contributed by atoms with Crippen LogP contribution in [0.15, 0.2) is 70.9 Å². The van der Waals surface area contributed by atoms with Crippen LogP contribution >= 0.6 is 0 Å². The third-order valence-electron chi connectivity index (χ3n) is 7.29. The SMILES string of the molecule is Cc1ccc(NC(=O)c2ccc(CN3CCN(C)CC3)c(C(F)(F)F)c2)cc1C#CC1N=NCc2ccccc21. The number of likely N-dealkylation sites (N-methyl/N-ethyl adjacent to an activating group) is 1. The first-order valence-corrected chi connectivity index (χ1v) is 13.2. The number of alkyl halides is 3. The maximum Gasteiger partial charge on any atom is 0.416 e. The van der Waals surface area contributed by atoms with E-state index in [9.17, 15) is 18.0 Å². The van der Waals surface area contributed by atoms with E-state index >= 15 is 0 Å². The molecule has 1 fully saturated rings. The van der Waals surface area contributed by atoms with E-state index in [1.54, 1.807) is 12.1 Å². The van der Waals surface area contributed by atoms with Crippen LogP contribution in [0.3, 0.4) is 0 Å². The maximum absolute atomic E-state index is 14.0. The fraction of sp³-hybridized carbons (Fsp3) is 0.323. The molecule has 1 amide bonds. The Kier molecular flexibility index (Phi) is 8.01. The maximum atomic E-state index is 14.0. The van der Waals surface area contributed by atoms with Gasteiger partial charge < -0.3 is 10.2 Å². The van der Waals surface area contributed by atoms with Gasteiger partial charge in [-0.15, -0.1) is 0 Å². The van der Waals surface area contributed by atoms with E-state index in [0.717, 1.165) is 35.8 Å². The van der Waals surface area contributed by atoms with Gasteiger partial charge in [-0.05, 0) is 60.5 Å². The summed E-state index contributed by atoms with van der Waals surface area (Å²) >= 11 is 0. The third kappa shape index (κ3) is 6.41. The number of aryl methyl sites for hydroxylation is 1. The Balaban J connectivity index is 1.33. The number of amides is 1. The largest absolute Gasteiger partial charge is 0.416 e. The van der Waals surface area contributed by atoms with Gasteiger partial charge in [-0.2, -0.15) is 23.4 Å². The summed E-state index contributed by atoms with van der Waals surface area (Å²) in [4.78, 5) is 17.2. The molecule has 6 nitrogen and oxygen atoms in total. The van der Waals surface area contributed by atoms with E-state index in [4.69, 9.17) is 0 Å². The van der Waals surface area contributed by atoms with Crippen molar-refractivity contribution >= 4 is 11.6 Å². The number of azo groups is 1. The highest BCUT2D eigenvalue weighted by atomic mass is 19.4. The zero-order valence-corrected chi connectivity index (χ0v) is 22.4. The first-order chi connectivity index (χ1) is 19.2. The fourth-order valence-electron chi connectivity index (χ4n) is 4.86. The van der Waals surface area contributed by atoms with E-state index < -0.39 is 17.6 Å². The number of halogens is 3. The number of piperazine rings is 1. The molecule has 40 heavy (non-hydrogen) atoms. The second-order valence-electron chi connectivity index (χ2n) is 10.2. The molecule has 5 rings (SSSR count). The molecule has 1 N–H and O–H groups in total. The van der Waals surface area contributed by atoms with Gasteiger partial charge in [0.15, 0.2) is 6.04 Å². The van der Waals surface area contributed by atoms with Gasteiger partial charge in [0.05, 0.1) is 12.1 Å². The number of anilines is 1. The second-order valence-corrected chi connectivity index (χ2v) is 10.2. The van der Waals surface area contributed by atoms with Crippen LogP contribution in [0.4, 0.5) is 18.9 Å². The van der Waals surface area contributed by atoms with Crippen molar-refractivity contribution in [1.82, 2.24) is 9.80 Å². The van der Waals surface area contributed by atoms with Crippen molar-refractivity contribution in [3.63, 3.8) is 0 Å². The van der Waals surface area contributed by atoms with Crippen molar-refractivity contribution in [2.75, 3.05) is 38.5 Å². The summed E-state index contributed by atoms with van der Waals surface area (Å²) in [5.41, 5.74) is 3.47. The third-order valence-corrected chi connectivity index (χ3v) is 7.29. The molecule has 3 aromatic rings. The lowest BCUT2D eigenvalue weighted by Gasteiger charge is -2.33. The first kappa shape index (κ1) is 27.6. The summed E-state index contributed by atoms with van der Waals surface area (Å²) in [6.07, 6.45) is -4.57. The standard InChI is InChI=1S/C31H30F3N5O/c1-21-7-11-26(17-22(21)10-12-29-27-6-4-3-5-24(27)19-35-37-29)36-30(40)23-8-9-25(28(18-23)31(32,33)34)20-39-15-13-38(2)14-16-39/h3-9,11,17-18,29H,13-16,19-20H2,1-2H3,(H,36,40). The van der Waals surface area contributed by atoms with Crippen LogP contribution in [0.1, 0.15) is 49.8 Å². The zero-order valence-electron chi connectivity index (χ0n) is 22.4. The highest BCUT2D eigenvalue weighted by molar-refractivity contribution is 6.04. The molecule has 1 atom stereocenters. The number of hydrogen-bond donors (Lipinski definition) is 1. The molecular weight excluding hydrogens is 515 g/mol. The molecule has 0 aromatic heterocycles. The smallest absolute Gasteiger partial charge is 0.322 e. The highest BCUT2D eigenvalue weighted by Gasteiger charge is 2.34. The Bertz CT molecular complexity index is 1500. The van der Waals surface area contributed by atoms with Crippen LogP contribution in [-0.2, 0) is 19.3 Å². The molecule has 0 aliphatic carbocycles. The minimum Gasteiger partial charge on any atom is -0.322 e. The van der Waals surface area contributed by atoms with E-state index in [2.05, 4.69) is 32.3 Å². The molecule has 206 valence electrons. The first-order valence-electron chi connectivity index (χ1n) is 13.2. The van der Waals surface area contributed by atoms with Crippen molar-refractivity contribution in [2.45, 2.75) is 32.2 Å². The molecule has 2 aliphatic heterocycles. The molecular formula is C31H30F3N5O. The average molecular weight is 546 g/mol. The number of hydrogen-bond acceptors (Lipinski definition) is 5. The van der Waals surface area contributed by atoms with Crippen LogP contribution in [-0.4, -0.2) is 48.9 Å². The topological polar surface area (TPSA) is 60.3 Å². The van der Waals surface area contributed by atoms with Gasteiger partial charge in [0.25, 0.3) is 5.91 Å². The number of carbonyl (C=O) groups is 1. The van der Waals surface area contributed by atoms with E-state index in [1.165, 1.54) is 12.1 Å². The Hall–Kier alpha value is -4.00. The van der Waals surface area contributed by atoms with Gasteiger partial charge in [-0.25, -0.2) is 0 Å². The van der Waals surface area contributed by atoms with Gasteiger partial charge in [0.2, 0.25) is 0 Å². The summed E-state index contributed by atoms with van der Waals surface area (Å²) in [5, 5.41) is 11.2. The predicted molar refractivity (Wildman–Crippen MR) is 148 cm³/mol. The summed E-state index contributed by atoms with van der Waals surface area (Å²) in [6, 6.07) is 16.6. The quantitative estimate of drug-likeness (QED) is 0.405. The van der Waals surface area contributed by atoms with E-state index in [1.807, 2.05) is 49.2 Å². The number of carbonyl (C=O) groups excluding carboxylic acids is 1. The monoisotopic (exact) mass is 545 g/mol. The van der Waals surface area contributed by atoms with E-state index in [-0.39, 0.29) is 23.7 Å². The van der Waals surface area contributed by atoms with Gasteiger partial charge in [-0.1, -0.05) is 48.2 Å². The molecule has 1 unspecified atom stereocenters. The van der Waals surface area contributed by atoms with Crippen molar-refractivity contribution < 1.29 is 18.0 Å². The molecule has 2 heterocycles. The molecule has 9 heteroatoms. The molecule has 0 bridgehead atoms. The molecule has 2 aliphatic rings. The zero-order chi connectivity index (χ0) is 28.3. The van der Waals surface area contributed by atoms with Gasteiger partial charge in [0.1, 0.15) is 0 Å². The lowest BCUT2D eigenvalue weighted by Crippen LogP contribution is -2.44. The van der Waals surface area contributed by atoms with Crippen LogP contribution in [0.2, 0.25) is 0 Å². The molecule has 0 radical (unpaired) electrons. The highest BCUT2D eigenvalue weighted by Crippen LogP contribution is 2.34. The Morgan fingerprint density at radius 3 is 2.60 bits per heavy atom. The second kappa shape index (κ2) is 11.6. The molecule has 0 saturated carbocycles. The van der Waals surface area contributed by atoms with Crippen molar-refractivity contribution in [3.8, 4) is 11.8 Å². The lowest BCUT2D eigenvalue weighted by atomic mass is 9.99. The number of nitrogens with zero attached hydrogens (tertiary/aromatic N) is 4. The summed E-state index contributed by atoms with van der Waals surface area (Å²) < 4.78 is 41.9. The van der Waals surface area contributed by atoms with Crippen LogP contribution in [0.25, 0.3) is 0 Å². The van der Waals surface area contributed by atoms with Crippen LogP contribution in [0, 0.1) is 18.8 Å². The molecule has 0 spiro atoms. The number of nitrogens with one attached hydrogen (secondary N) is 1. The average Bonchev–Trinajstić information content (AvgIpc) is 2.94. The predicted octanol–water partition coefficient (Wildman–Crippen LogP) is 6.07. The Labute approximate surface area is 231 Å². The van der Waals surface area contributed by atoms with Gasteiger partial charge >= 0.3 is 6.18 Å². The summed E-state index contributed by atoms with van der Waals surface area (Å²) in [7, 11) is 2.00. The van der Waals surface area contributed by atoms with Crippen molar-refractivity contribution in [2.24, 2.45) is 10.2 Å². The minimum absolute atomic E-state index is 0.0538. The van der Waals surface area contributed by atoms with Crippen LogP contribution in [0.5, 0.6) is 0 Å². The van der Waals surface area contributed by atoms with Crippen molar-refractivity contribution in [3.05, 3.63) is 99.6 Å². The number of benzene rings is 3. The van der Waals surface area contributed by atoms with Gasteiger partial charge in [-0.3, -0.25) is 9.69 Å². The minimum atomic E-state index is -4.57. The fourth-order valence-corrected chi connectivity index (χ4v) is 4.86. The lowest BCUT2D eigenvalue weighted by molar-refractivity contribution is -0.138. The van der Waals surface area contributed by atoms with Crippen LogP contribution < -0.4 is 5.32 Å². The van der Waals surface area contributed by atoms with Crippen molar-refractivity contribution in [1.29, 1.82) is 0 Å². The number of rotatable bonds is 4. The number of fused-ring (bicyclic) bond motifs is 1. The summed E-state index contributed by atoms with van der Waals surface area (Å²) in [5.74, 6) is 5.69. The Morgan fingerprint density at radius 1 is 1.05 bits per heavy atom. The van der Waals surface area contributed by atoms with Gasteiger partial charge in [0, 0.05) is 49.5 Å².